The Morgan fingerprint density at radius 1 is 0.944 bits per heavy atom. The zero-order chi connectivity index (χ0) is 26.0. The maximum atomic E-state index is 13.9. The lowest BCUT2D eigenvalue weighted by Gasteiger charge is -2.38. The number of aromatic hydroxyl groups is 2. The van der Waals surface area contributed by atoms with Gasteiger partial charge in [-0.1, -0.05) is 12.1 Å². The summed E-state index contributed by atoms with van der Waals surface area (Å²) in [7, 11) is 2.85. The number of rotatable bonds is 3. The summed E-state index contributed by atoms with van der Waals surface area (Å²) in [5, 5.41) is 42.3. The number of hydrogen-bond acceptors (Lipinski definition) is 9. The second-order valence-corrected chi connectivity index (χ2v) is 9.56. The number of fused-ring (bicyclic) bond motifs is 3. The van der Waals surface area contributed by atoms with Gasteiger partial charge in [0.05, 0.1) is 23.9 Å². The molecule has 0 amide bonds. The molecule has 36 heavy (non-hydrogen) atoms. The third kappa shape index (κ3) is 3.42. The lowest BCUT2D eigenvalue weighted by Crippen LogP contribution is -2.44. The van der Waals surface area contributed by atoms with Crippen LogP contribution in [0, 0.1) is 6.92 Å². The fourth-order valence-corrected chi connectivity index (χ4v) is 5.68. The Kier molecular flexibility index (Phi) is 6.01. The van der Waals surface area contributed by atoms with Crippen molar-refractivity contribution in [2.24, 2.45) is 0 Å². The highest BCUT2D eigenvalue weighted by atomic mass is 16.5. The molecule has 0 aromatic heterocycles. The van der Waals surface area contributed by atoms with Crippen LogP contribution in [0.4, 0.5) is 0 Å². The number of phenols is 2. The number of aliphatic hydroxyl groups is 2. The predicted octanol–water partition coefficient (Wildman–Crippen LogP) is 2.53. The number of Topliss-reactive ketones (excluding diaryl/α,β-unsaturated/α-hetero) is 2. The van der Waals surface area contributed by atoms with Crippen molar-refractivity contribution >= 4 is 17.1 Å². The van der Waals surface area contributed by atoms with Gasteiger partial charge in [-0.25, -0.2) is 0 Å². The van der Waals surface area contributed by atoms with E-state index < -0.39 is 53.9 Å². The van der Waals surface area contributed by atoms with E-state index in [0.717, 1.165) is 5.56 Å². The molecule has 0 saturated carbocycles. The zero-order valence-electron chi connectivity index (χ0n) is 20.3. The molecule has 0 radical (unpaired) electrons. The minimum absolute atomic E-state index is 0.000973. The Morgan fingerprint density at radius 3 is 2.28 bits per heavy atom. The highest BCUT2D eigenvalue weighted by molar-refractivity contribution is 6.42. The second kappa shape index (κ2) is 8.79. The van der Waals surface area contributed by atoms with E-state index in [4.69, 9.17) is 14.2 Å². The standard InChI is InChI=1S/C27H28O9/c1-10-7-14-18(15(28)8-10)20-21(27(35-4)26(14)34-3)25(33)19-13(24(20)32)6-5-12(23(19)31)17-9-16(29)22(30)11(2)36-17/h5-8,11,16-17,22,26-31H,9H2,1-4H3/t11-,16-,17-,22-,26-,27-/m1/s1. The molecule has 1 saturated heterocycles. The van der Waals surface area contributed by atoms with Gasteiger partial charge in [-0.05, 0) is 37.1 Å². The molecule has 3 aliphatic rings. The second-order valence-electron chi connectivity index (χ2n) is 9.56. The van der Waals surface area contributed by atoms with Gasteiger partial charge in [-0.2, -0.15) is 0 Å². The van der Waals surface area contributed by atoms with E-state index in [1.165, 1.54) is 32.4 Å². The number of ketones is 2. The first kappa shape index (κ1) is 24.6. The van der Waals surface area contributed by atoms with Gasteiger partial charge in [0.1, 0.15) is 29.8 Å². The number of ether oxygens (including phenoxy) is 3. The zero-order valence-corrected chi connectivity index (χ0v) is 20.3. The molecule has 0 bridgehead atoms. The number of carbonyl (C=O) groups is 2. The molecule has 9 nitrogen and oxygen atoms in total. The van der Waals surface area contributed by atoms with E-state index in [2.05, 4.69) is 0 Å². The van der Waals surface area contributed by atoms with E-state index in [1.807, 2.05) is 0 Å². The first-order valence-electron chi connectivity index (χ1n) is 11.7. The van der Waals surface area contributed by atoms with Crippen molar-refractivity contribution in [3.8, 4) is 11.5 Å². The summed E-state index contributed by atoms with van der Waals surface area (Å²) in [6.45, 7) is 3.40. The Morgan fingerprint density at radius 2 is 1.64 bits per heavy atom. The third-order valence-corrected chi connectivity index (χ3v) is 7.39. The van der Waals surface area contributed by atoms with Crippen LogP contribution in [0.3, 0.4) is 0 Å². The molecule has 2 aliphatic carbocycles. The molecule has 1 fully saturated rings. The topological polar surface area (TPSA) is 143 Å². The first-order chi connectivity index (χ1) is 17.1. The fraction of sp³-hybridized carbons (Fsp3) is 0.407. The predicted molar refractivity (Wildman–Crippen MR) is 127 cm³/mol. The Bertz CT molecular complexity index is 1300. The SMILES string of the molecule is CO[C@@H]1C2=C(C(=O)c3ccc([C@H]4C[C@@H](O)[C@H](O)[C@@H](C)O4)c(O)c3C2=O)c2c(O)cc(C)cc2[C@H]1OC. The number of aryl methyl sites for hydroxylation is 1. The van der Waals surface area contributed by atoms with Crippen LogP contribution in [0.25, 0.3) is 5.57 Å². The molecule has 9 heteroatoms. The van der Waals surface area contributed by atoms with E-state index in [9.17, 15) is 30.0 Å². The average molecular weight is 497 g/mol. The fourth-order valence-electron chi connectivity index (χ4n) is 5.68. The van der Waals surface area contributed by atoms with E-state index in [-0.39, 0.29) is 45.6 Å². The number of allylic oxidation sites excluding steroid dienone is 1. The number of carbonyl (C=O) groups excluding carboxylic acids is 2. The Hall–Kier alpha value is -3.08. The molecule has 1 aliphatic heterocycles. The molecule has 190 valence electrons. The van der Waals surface area contributed by atoms with Crippen molar-refractivity contribution in [3.05, 3.63) is 63.2 Å². The van der Waals surface area contributed by atoms with Crippen molar-refractivity contribution in [1.29, 1.82) is 0 Å². The van der Waals surface area contributed by atoms with Gasteiger partial charge in [0, 0.05) is 48.5 Å². The lowest BCUT2D eigenvalue weighted by molar-refractivity contribution is -0.163. The highest BCUT2D eigenvalue weighted by Gasteiger charge is 2.48. The Labute approximate surface area is 207 Å². The van der Waals surface area contributed by atoms with Crippen LogP contribution < -0.4 is 0 Å². The van der Waals surface area contributed by atoms with Gasteiger partial charge < -0.3 is 34.6 Å². The molecule has 0 unspecified atom stereocenters. The van der Waals surface area contributed by atoms with Crippen LogP contribution in [0.2, 0.25) is 0 Å². The molecule has 6 atom stereocenters. The van der Waals surface area contributed by atoms with Crippen LogP contribution >= 0.6 is 0 Å². The Balaban J connectivity index is 1.70. The lowest BCUT2D eigenvalue weighted by atomic mass is 9.71. The summed E-state index contributed by atoms with van der Waals surface area (Å²) in [4.78, 5) is 27.7. The summed E-state index contributed by atoms with van der Waals surface area (Å²) in [5.41, 5.74) is 1.53. The minimum atomic E-state index is -1.08. The van der Waals surface area contributed by atoms with Gasteiger partial charge in [-0.3, -0.25) is 9.59 Å². The van der Waals surface area contributed by atoms with Crippen molar-refractivity contribution in [1.82, 2.24) is 0 Å². The molecule has 0 spiro atoms. The van der Waals surface area contributed by atoms with Crippen molar-refractivity contribution < 1.29 is 44.2 Å². The van der Waals surface area contributed by atoms with Gasteiger partial charge in [0.2, 0.25) is 0 Å². The van der Waals surface area contributed by atoms with Crippen LogP contribution in [0.5, 0.6) is 11.5 Å². The van der Waals surface area contributed by atoms with E-state index >= 15 is 0 Å². The molecule has 2 aromatic carbocycles. The van der Waals surface area contributed by atoms with Gasteiger partial charge in [0.25, 0.3) is 0 Å². The van der Waals surface area contributed by atoms with E-state index in [1.54, 1.807) is 19.9 Å². The number of hydrogen-bond donors (Lipinski definition) is 4. The van der Waals surface area contributed by atoms with Gasteiger partial charge in [-0.15, -0.1) is 0 Å². The van der Waals surface area contributed by atoms with Crippen LogP contribution in [-0.2, 0) is 14.2 Å². The third-order valence-electron chi connectivity index (χ3n) is 7.39. The smallest absolute Gasteiger partial charge is 0.196 e. The summed E-state index contributed by atoms with van der Waals surface area (Å²) >= 11 is 0. The highest BCUT2D eigenvalue weighted by Crippen LogP contribution is 2.51. The summed E-state index contributed by atoms with van der Waals surface area (Å²) < 4.78 is 17.1. The number of benzene rings is 2. The molecule has 4 N–H and O–H groups in total. The number of aliphatic hydroxyl groups excluding tert-OH is 2. The van der Waals surface area contributed by atoms with E-state index in [0.29, 0.717) is 5.56 Å². The minimum Gasteiger partial charge on any atom is -0.507 e. The number of methoxy groups -OCH3 is 2. The average Bonchev–Trinajstić information content (AvgIpc) is 2.83. The van der Waals surface area contributed by atoms with Gasteiger partial charge in [0.15, 0.2) is 11.6 Å². The van der Waals surface area contributed by atoms with Crippen molar-refractivity contribution in [2.45, 2.75) is 56.9 Å². The molecule has 2 aromatic rings. The maximum Gasteiger partial charge on any atom is 0.196 e. The molecule has 1 heterocycles. The van der Waals surface area contributed by atoms with Crippen LogP contribution in [-0.4, -0.2) is 70.6 Å². The van der Waals surface area contributed by atoms with Crippen LogP contribution in [0.15, 0.2) is 29.8 Å². The van der Waals surface area contributed by atoms with Crippen molar-refractivity contribution in [2.75, 3.05) is 14.2 Å². The maximum absolute atomic E-state index is 13.9. The monoisotopic (exact) mass is 496 g/mol. The molecule has 5 rings (SSSR count). The van der Waals surface area contributed by atoms with Gasteiger partial charge >= 0.3 is 0 Å². The quantitative estimate of drug-likeness (QED) is 0.504. The first-order valence-corrected chi connectivity index (χ1v) is 11.7. The summed E-state index contributed by atoms with van der Waals surface area (Å²) in [6.07, 6.45) is -5.41. The summed E-state index contributed by atoms with van der Waals surface area (Å²) in [6, 6.07) is 6.22. The van der Waals surface area contributed by atoms with Crippen molar-refractivity contribution in [3.63, 3.8) is 0 Å². The number of phenolic OH excluding ortho intramolecular Hbond substituents is 2. The summed E-state index contributed by atoms with van der Waals surface area (Å²) in [5.74, 6) is -1.74. The molecular formula is C27H28O9. The normalized spacial score (nSPS) is 29.6. The van der Waals surface area contributed by atoms with Crippen LogP contribution in [0.1, 0.15) is 68.5 Å². The largest absolute Gasteiger partial charge is 0.507 e. The molecular weight excluding hydrogens is 468 g/mol.